The Bertz CT molecular complexity index is 680. The van der Waals surface area contributed by atoms with Crippen LogP contribution >= 0.6 is 34.0 Å². The summed E-state index contributed by atoms with van der Waals surface area (Å²) in [4.78, 5) is 1.30. The minimum absolute atomic E-state index is 0.0211. The van der Waals surface area contributed by atoms with E-state index in [4.69, 9.17) is 27.7 Å². The quantitative estimate of drug-likeness (QED) is 0.797. The monoisotopic (exact) mass is 354 g/mol. The molecule has 0 aromatic heterocycles. The van der Waals surface area contributed by atoms with Gasteiger partial charge in [0.25, 0.3) is 9.05 Å². The number of halogens is 2. The fourth-order valence-corrected chi connectivity index (χ4v) is 4.57. The first-order valence-corrected chi connectivity index (χ1v) is 9.11. The summed E-state index contributed by atoms with van der Waals surface area (Å²) in [5, 5.41) is 18.6. The molecule has 0 spiro atoms. The number of thioether (sulfide) groups is 1. The fourth-order valence-electron chi connectivity index (χ4n) is 2.00. The van der Waals surface area contributed by atoms with Gasteiger partial charge < -0.3 is 5.11 Å². The first-order chi connectivity index (χ1) is 9.08. The molecule has 2 N–H and O–H groups in total. The molecule has 0 aliphatic carbocycles. The van der Waals surface area contributed by atoms with Crippen molar-refractivity contribution in [1.82, 2.24) is 4.90 Å². The SMILES string of the molecule is CC1SC(=N)C(O)(c2ccc(Cl)c(S(=O)(=O)Cl)c2)N1C. The lowest BCUT2D eigenvalue weighted by Gasteiger charge is -2.31. The highest BCUT2D eigenvalue weighted by Gasteiger charge is 2.48. The Morgan fingerprint density at radius 2 is 2.10 bits per heavy atom. The second kappa shape index (κ2) is 5.15. The zero-order valence-corrected chi connectivity index (χ0v) is 13.7. The van der Waals surface area contributed by atoms with E-state index in [-0.39, 0.29) is 25.9 Å². The van der Waals surface area contributed by atoms with Crippen LogP contribution in [-0.4, -0.2) is 35.9 Å². The van der Waals surface area contributed by atoms with E-state index in [0.29, 0.717) is 0 Å². The molecule has 1 heterocycles. The van der Waals surface area contributed by atoms with E-state index in [1.165, 1.54) is 30.0 Å². The van der Waals surface area contributed by atoms with Gasteiger partial charge >= 0.3 is 0 Å². The summed E-state index contributed by atoms with van der Waals surface area (Å²) >= 11 is 7.01. The van der Waals surface area contributed by atoms with Gasteiger partial charge in [0.1, 0.15) is 9.94 Å². The highest BCUT2D eigenvalue weighted by molar-refractivity contribution is 8.14. The smallest absolute Gasteiger partial charge is 0.262 e. The molecule has 5 nitrogen and oxygen atoms in total. The van der Waals surface area contributed by atoms with Crippen LogP contribution in [0.3, 0.4) is 0 Å². The van der Waals surface area contributed by atoms with Crippen LogP contribution in [0.15, 0.2) is 23.1 Å². The van der Waals surface area contributed by atoms with E-state index in [9.17, 15) is 13.5 Å². The summed E-state index contributed by atoms with van der Waals surface area (Å²) in [7, 11) is 2.95. The molecule has 1 aromatic rings. The summed E-state index contributed by atoms with van der Waals surface area (Å²) < 4.78 is 23.0. The Balaban J connectivity index is 2.63. The molecule has 1 fully saturated rings. The van der Waals surface area contributed by atoms with Gasteiger partial charge in [-0.15, -0.1) is 0 Å². The molecule has 9 heteroatoms. The van der Waals surface area contributed by atoms with Crippen molar-refractivity contribution in [2.24, 2.45) is 0 Å². The van der Waals surface area contributed by atoms with Crippen molar-refractivity contribution < 1.29 is 13.5 Å². The molecule has 2 unspecified atom stereocenters. The van der Waals surface area contributed by atoms with E-state index in [0.717, 1.165) is 0 Å². The highest BCUT2D eigenvalue weighted by Crippen LogP contribution is 2.43. The van der Waals surface area contributed by atoms with Gasteiger partial charge in [-0.1, -0.05) is 29.4 Å². The molecular weight excluding hydrogens is 343 g/mol. The van der Waals surface area contributed by atoms with Gasteiger partial charge in [0, 0.05) is 16.2 Å². The number of nitrogens with one attached hydrogen (secondary N) is 1. The van der Waals surface area contributed by atoms with Crippen LogP contribution in [0, 0.1) is 5.41 Å². The maximum atomic E-state index is 11.5. The Morgan fingerprint density at radius 3 is 2.55 bits per heavy atom. The van der Waals surface area contributed by atoms with Crippen LogP contribution in [0.4, 0.5) is 0 Å². The lowest BCUT2D eigenvalue weighted by Crippen LogP contribution is -2.45. The minimum atomic E-state index is -4.03. The van der Waals surface area contributed by atoms with Crippen molar-refractivity contribution in [3.63, 3.8) is 0 Å². The zero-order valence-electron chi connectivity index (χ0n) is 10.6. The van der Waals surface area contributed by atoms with Crippen molar-refractivity contribution in [2.75, 3.05) is 7.05 Å². The Labute approximate surface area is 130 Å². The molecule has 1 aromatic carbocycles. The molecule has 2 rings (SSSR count). The van der Waals surface area contributed by atoms with Gasteiger partial charge in [-0.05, 0) is 26.1 Å². The molecule has 1 aliphatic heterocycles. The lowest BCUT2D eigenvalue weighted by atomic mass is 10.0. The first kappa shape index (κ1) is 16.1. The number of hydrogen-bond acceptors (Lipinski definition) is 6. The standard InChI is InChI=1S/C11H12Cl2N2O3S2/c1-6-15(2)11(16,10(14)19-6)7-3-4-8(12)9(5-7)20(13,17)18/h3-6,14,16H,1-2H3. The largest absolute Gasteiger partial charge is 0.366 e. The lowest BCUT2D eigenvalue weighted by molar-refractivity contribution is -0.0348. The van der Waals surface area contributed by atoms with Gasteiger partial charge in [-0.2, -0.15) is 0 Å². The molecule has 0 saturated carbocycles. The van der Waals surface area contributed by atoms with Crippen LogP contribution in [0.25, 0.3) is 0 Å². The third-order valence-corrected chi connectivity index (χ3v) is 6.24. The van der Waals surface area contributed by atoms with Gasteiger partial charge in [-0.25, -0.2) is 8.42 Å². The Kier molecular flexibility index (Phi) is 4.14. The van der Waals surface area contributed by atoms with Crippen molar-refractivity contribution in [1.29, 1.82) is 5.41 Å². The number of aliphatic hydroxyl groups is 1. The predicted octanol–water partition coefficient (Wildman–Crippen LogP) is 2.41. The number of nitrogens with zero attached hydrogens (tertiary/aromatic N) is 1. The maximum Gasteiger partial charge on any atom is 0.262 e. The summed E-state index contributed by atoms with van der Waals surface area (Å²) in [5.41, 5.74) is -1.43. The molecular formula is C11H12Cl2N2O3S2. The fraction of sp³-hybridized carbons (Fsp3) is 0.364. The van der Waals surface area contributed by atoms with Crippen molar-refractivity contribution in [2.45, 2.75) is 22.9 Å². The summed E-state index contributed by atoms with van der Waals surface area (Å²) in [5.74, 6) is 0. The van der Waals surface area contributed by atoms with Gasteiger partial charge in [0.15, 0.2) is 5.72 Å². The average Bonchev–Trinajstić information content (AvgIpc) is 2.53. The van der Waals surface area contributed by atoms with Crippen molar-refractivity contribution >= 4 is 48.1 Å². The molecule has 0 amide bonds. The van der Waals surface area contributed by atoms with E-state index in [1.54, 1.807) is 11.9 Å². The Hall–Kier alpha value is -0.310. The summed E-state index contributed by atoms with van der Waals surface area (Å²) in [6.45, 7) is 1.84. The van der Waals surface area contributed by atoms with E-state index in [2.05, 4.69) is 0 Å². The summed E-state index contributed by atoms with van der Waals surface area (Å²) in [6, 6.07) is 4.03. The van der Waals surface area contributed by atoms with Crippen LogP contribution in [-0.2, 0) is 14.8 Å². The average molecular weight is 355 g/mol. The third-order valence-electron chi connectivity index (χ3n) is 3.26. The second-order valence-corrected chi connectivity index (χ2v) is 8.68. The van der Waals surface area contributed by atoms with Crippen LogP contribution < -0.4 is 0 Å². The number of hydrogen-bond donors (Lipinski definition) is 2. The summed E-state index contributed by atoms with van der Waals surface area (Å²) in [6.07, 6.45) is 0. The number of benzene rings is 1. The predicted molar refractivity (Wildman–Crippen MR) is 80.9 cm³/mol. The second-order valence-electron chi connectivity index (χ2n) is 4.41. The zero-order chi connectivity index (χ0) is 15.3. The van der Waals surface area contributed by atoms with Gasteiger partial charge in [-0.3, -0.25) is 10.3 Å². The van der Waals surface area contributed by atoms with Crippen LogP contribution in [0.1, 0.15) is 12.5 Å². The highest BCUT2D eigenvalue weighted by atomic mass is 35.7. The van der Waals surface area contributed by atoms with Gasteiger partial charge in [0.2, 0.25) is 0 Å². The number of rotatable bonds is 2. The Morgan fingerprint density at radius 1 is 1.50 bits per heavy atom. The molecule has 20 heavy (non-hydrogen) atoms. The molecule has 1 aliphatic rings. The van der Waals surface area contributed by atoms with Crippen LogP contribution in [0.5, 0.6) is 0 Å². The van der Waals surface area contributed by atoms with Crippen molar-refractivity contribution in [3.8, 4) is 0 Å². The topological polar surface area (TPSA) is 81.5 Å². The normalized spacial score (nSPS) is 28.1. The third kappa shape index (κ3) is 2.47. The van der Waals surface area contributed by atoms with Crippen LogP contribution in [0.2, 0.25) is 5.02 Å². The molecule has 0 bridgehead atoms. The van der Waals surface area contributed by atoms with E-state index >= 15 is 0 Å². The molecule has 1 saturated heterocycles. The minimum Gasteiger partial charge on any atom is -0.366 e. The molecule has 0 radical (unpaired) electrons. The first-order valence-electron chi connectivity index (χ1n) is 5.54. The molecule has 110 valence electrons. The van der Waals surface area contributed by atoms with E-state index in [1.807, 2.05) is 6.92 Å². The van der Waals surface area contributed by atoms with E-state index < -0.39 is 14.8 Å². The molecule has 2 atom stereocenters. The van der Waals surface area contributed by atoms with Crippen molar-refractivity contribution in [3.05, 3.63) is 28.8 Å². The van der Waals surface area contributed by atoms with Gasteiger partial charge in [0.05, 0.1) is 10.4 Å². The maximum absolute atomic E-state index is 11.5.